The predicted octanol–water partition coefficient (Wildman–Crippen LogP) is 1.57. The maximum atomic E-state index is 12.2. The summed E-state index contributed by atoms with van der Waals surface area (Å²) in [6, 6.07) is 9.62. The van der Waals surface area contributed by atoms with Crippen LogP contribution in [0, 0.1) is 14.0 Å². The lowest BCUT2D eigenvalue weighted by molar-refractivity contribution is -0.591. The zero-order chi connectivity index (χ0) is 12.9. The fraction of sp³-hybridized carbons (Fsp3) is 0. The van der Waals surface area contributed by atoms with Crippen LogP contribution in [0.3, 0.4) is 0 Å². The zero-order valence-electron chi connectivity index (χ0n) is 9.00. The van der Waals surface area contributed by atoms with Crippen LogP contribution in [-0.2, 0) is 0 Å². The van der Waals surface area contributed by atoms with Crippen LogP contribution in [0.2, 0.25) is 0 Å². The van der Waals surface area contributed by atoms with Crippen molar-refractivity contribution >= 4 is 44.7 Å². The molecule has 0 saturated heterocycles. The first-order chi connectivity index (χ1) is 8.61. The number of hydrogen-bond donors (Lipinski definition) is 1. The van der Waals surface area contributed by atoms with E-state index in [1.807, 2.05) is 22.6 Å². The van der Waals surface area contributed by atoms with Gasteiger partial charge in [-0.05, 0) is 28.7 Å². The van der Waals surface area contributed by atoms with E-state index in [9.17, 15) is 15.5 Å². The number of aromatic hydroxyl groups is 1. The largest absolute Gasteiger partial charge is 0.617 e. The number of rotatable bonds is 0. The first-order valence-corrected chi connectivity index (χ1v) is 6.24. The molecular formula is C12H7IN2O3. The van der Waals surface area contributed by atoms with Gasteiger partial charge in [-0.2, -0.15) is 9.46 Å². The second-order valence-electron chi connectivity index (χ2n) is 3.84. The molecule has 0 aliphatic heterocycles. The van der Waals surface area contributed by atoms with Crippen LogP contribution in [0.1, 0.15) is 0 Å². The molecule has 0 spiro atoms. The average Bonchev–Trinajstić information content (AvgIpc) is 2.39. The molecule has 1 aromatic heterocycles. The lowest BCUT2D eigenvalue weighted by atomic mass is 10.2. The first kappa shape index (κ1) is 11.3. The Morgan fingerprint density at radius 2 is 1.50 bits per heavy atom. The van der Waals surface area contributed by atoms with Gasteiger partial charge in [0.25, 0.3) is 16.6 Å². The van der Waals surface area contributed by atoms with Gasteiger partial charge in [0.2, 0.25) is 5.75 Å². The number of fused-ring (bicyclic) bond motifs is 2. The van der Waals surface area contributed by atoms with Gasteiger partial charge in [-0.1, -0.05) is 12.1 Å². The SMILES string of the molecule is [O-][n+]1c2ccccc2[n+]([O-])c2c(O)c(I)ccc21. The standard InChI is InChI=1S/C12H7IN2O3/c13-7-5-6-10-11(12(7)16)15(18)9-4-2-1-3-8(9)14(10)17/h1-6,16H. The summed E-state index contributed by atoms with van der Waals surface area (Å²) < 4.78 is 1.78. The second kappa shape index (κ2) is 3.84. The van der Waals surface area contributed by atoms with E-state index in [0.717, 1.165) is 0 Å². The monoisotopic (exact) mass is 354 g/mol. The number of hydrogen-bond acceptors (Lipinski definition) is 3. The Hall–Kier alpha value is -1.83. The molecule has 0 unspecified atom stereocenters. The summed E-state index contributed by atoms with van der Waals surface area (Å²) in [5.74, 6) is -0.168. The van der Waals surface area contributed by atoms with Crippen molar-refractivity contribution in [3.8, 4) is 5.75 Å². The Morgan fingerprint density at radius 1 is 0.889 bits per heavy atom. The summed E-state index contributed by atoms with van der Waals surface area (Å²) in [5, 5.41) is 34.3. The second-order valence-corrected chi connectivity index (χ2v) is 5.00. The average molecular weight is 354 g/mol. The zero-order valence-corrected chi connectivity index (χ0v) is 11.2. The molecule has 0 atom stereocenters. The van der Waals surface area contributed by atoms with E-state index in [1.165, 1.54) is 6.07 Å². The van der Waals surface area contributed by atoms with E-state index < -0.39 is 0 Å². The smallest absolute Gasteiger partial charge is 0.333 e. The van der Waals surface area contributed by atoms with Crippen LogP contribution >= 0.6 is 22.6 Å². The maximum absolute atomic E-state index is 12.2. The molecule has 0 radical (unpaired) electrons. The highest BCUT2D eigenvalue weighted by Crippen LogP contribution is 2.26. The quantitative estimate of drug-likeness (QED) is 0.288. The third kappa shape index (κ3) is 1.38. The lowest BCUT2D eigenvalue weighted by Crippen LogP contribution is -2.39. The van der Waals surface area contributed by atoms with Crippen LogP contribution in [0.15, 0.2) is 36.4 Å². The molecule has 0 fully saturated rings. The van der Waals surface area contributed by atoms with Crippen molar-refractivity contribution in [3.63, 3.8) is 0 Å². The Labute approximate surface area is 115 Å². The van der Waals surface area contributed by atoms with Gasteiger partial charge in [-0.3, -0.25) is 0 Å². The molecule has 2 aromatic carbocycles. The van der Waals surface area contributed by atoms with Crippen LogP contribution in [-0.4, -0.2) is 5.11 Å². The van der Waals surface area contributed by atoms with E-state index in [0.29, 0.717) is 13.0 Å². The Balaban J connectivity index is 2.67. The summed E-state index contributed by atoms with van der Waals surface area (Å²) >= 11 is 1.91. The molecule has 5 nitrogen and oxygen atoms in total. The lowest BCUT2D eigenvalue weighted by Gasteiger charge is -2.08. The normalized spacial score (nSPS) is 11.2. The van der Waals surface area contributed by atoms with E-state index in [-0.39, 0.29) is 27.8 Å². The molecule has 90 valence electrons. The topological polar surface area (TPSA) is 74.1 Å². The Morgan fingerprint density at radius 3 is 2.17 bits per heavy atom. The molecule has 0 bridgehead atoms. The van der Waals surface area contributed by atoms with E-state index >= 15 is 0 Å². The predicted molar refractivity (Wildman–Crippen MR) is 73.8 cm³/mol. The summed E-state index contributed by atoms with van der Waals surface area (Å²) in [6.07, 6.45) is 0. The molecule has 1 N–H and O–H groups in total. The minimum atomic E-state index is -0.168. The highest BCUT2D eigenvalue weighted by atomic mass is 127. The van der Waals surface area contributed by atoms with Crippen LogP contribution < -0.4 is 9.46 Å². The molecule has 0 aliphatic rings. The fourth-order valence-electron chi connectivity index (χ4n) is 1.97. The number of para-hydroxylation sites is 2. The fourth-order valence-corrected chi connectivity index (χ4v) is 2.40. The molecule has 0 saturated carbocycles. The van der Waals surface area contributed by atoms with Crippen LogP contribution in [0.4, 0.5) is 0 Å². The number of phenolic OH excluding ortho intramolecular Hbond substituents is 1. The number of benzene rings is 2. The molecular weight excluding hydrogens is 347 g/mol. The summed E-state index contributed by atoms with van der Waals surface area (Å²) in [4.78, 5) is 0. The van der Waals surface area contributed by atoms with E-state index in [2.05, 4.69) is 0 Å². The van der Waals surface area contributed by atoms with Gasteiger partial charge < -0.3 is 15.5 Å². The minimum Gasteiger partial charge on any atom is -0.617 e. The molecule has 6 heteroatoms. The van der Waals surface area contributed by atoms with Crippen molar-refractivity contribution in [1.82, 2.24) is 0 Å². The van der Waals surface area contributed by atoms with Gasteiger partial charge in [0.1, 0.15) is 0 Å². The highest BCUT2D eigenvalue weighted by Gasteiger charge is 2.24. The summed E-state index contributed by atoms with van der Waals surface area (Å²) in [6.45, 7) is 0. The molecule has 3 aromatic rings. The summed E-state index contributed by atoms with van der Waals surface area (Å²) in [5.41, 5.74) is 0.662. The van der Waals surface area contributed by atoms with Crippen molar-refractivity contribution in [1.29, 1.82) is 0 Å². The molecule has 0 aliphatic carbocycles. The van der Waals surface area contributed by atoms with Gasteiger partial charge in [0.05, 0.1) is 3.57 Å². The molecule has 3 rings (SSSR count). The van der Waals surface area contributed by atoms with Crippen LogP contribution in [0.25, 0.3) is 22.1 Å². The third-order valence-corrected chi connectivity index (χ3v) is 3.69. The number of aromatic nitrogens is 2. The number of halogens is 1. The van der Waals surface area contributed by atoms with Gasteiger partial charge in [-0.25, -0.2) is 0 Å². The Bertz CT molecular complexity index is 789. The maximum Gasteiger partial charge on any atom is 0.333 e. The molecule has 0 amide bonds. The van der Waals surface area contributed by atoms with Gasteiger partial charge in [0.15, 0.2) is 0 Å². The highest BCUT2D eigenvalue weighted by molar-refractivity contribution is 14.1. The summed E-state index contributed by atoms with van der Waals surface area (Å²) in [7, 11) is 0. The first-order valence-electron chi connectivity index (χ1n) is 5.16. The van der Waals surface area contributed by atoms with Crippen molar-refractivity contribution in [2.75, 3.05) is 0 Å². The molecule has 1 heterocycles. The van der Waals surface area contributed by atoms with Crippen molar-refractivity contribution in [2.45, 2.75) is 0 Å². The van der Waals surface area contributed by atoms with Crippen molar-refractivity contribution < 1.29 is 14.6 Å². The van der Waals surface area contributed by atoms with Gasteiger partial charge >= 0.3 is 5.52 Å². The van der Waals surface area contributed by atoms with Crippen LogP contribution in [0.5, 0.6) is 5.75 Å². The minimum absolute atomic E-state index is 0.00407. The van der Waals surface area contributed by atoms with E-state index in [4.69, 9.17) is 0 Å². The number of phenols is 1. The van der Waals surface area contributed by atoms with Crippen molar-refractivity contribution in [3.05, 3.63) is 50.4 Å². The Kier molecular flexibility index (Phi) is 2.40. The molecule has 18 heavy (non-hydrogen) atoms. The number of nitrogens with zero attached hydrogens (tertiary/aromatic N) is 2. The van der Waals surface area contributed by atoms with Gasteiger partial charge in [-0.15, -0.1) is 0 Å². The third-order valence-electron chi connectivity index (χ3n) is 2.82. The van der Waals surface area contributed by atoms with Crippen molar-refractivity contribution in [2.24, 2.45) is 0 Å². The van der Waals surface area contributed by atoms with E-state index in [1.54, 1.807) is 30.3 Å². The van der Waals surface area contributed by atoms with Gasteiger partial charge in [0, 0.05) is 18.2 Å².